The summed E-state index contributed by atoms with van der Waals surface area (Å²) >= 11 is 0. The molecule has 0 saturated carbocycles. The second-order valence-corrected chi connectivity index (χ2v) is 2.25. The fraction of sp³-hybridized carbons (Fsp3) is 0.429. The van der Waals surface area contributed by atoms with Crippen molar-refractivity contribution in [3.8, 4) is 0 Å². The van der Waals surface area contributed by atoms with Gasteiger partial charge in [-0.3, -0.25) is 0 Å². The fourth-order valence-corrected chi connectivity index (χ4v) is 0.910. The molecule has 1 heterocycles. The van der Waals surface area contributed by atoms with Crippen molar-refractivity contribution in [1.82, 2.24) is 4.98 Å². The first-order chi connectivity index (χ1) is 4.22. The van der Waals surface area contributed by atoms with Gasteiger partial charge in [0.05, 0.1) is 6.10 Å². The van der Waals surface area contributed by atoms with Crippen LogP contribution in [0.5, 0.6) is 0 Å². The van der Waals surface area contributed by atoms with Crippen LogP contribution in [0.1, 0.15) is 24.3 Å². The van der Waals surface area contributed by atoms with E-state index in [0.717, 1.165) is 11.3 Å². The van der Waals surface area contributed by atoms with Gasteiger partial charge in [-0.15, -0.1) is 0 Å². The Morgan fingerprint density at radius 2 is 2.33 bits per heavy atom. The Morgan fingerprint density at radius 3 is 2.56 bits per heavy atom. The average molecular weight is 125 g/mol. The third-order valence-electron chi connectivity index (χ3n) is 1.41. The number of hydrogen-bond donors (Lipinski definition) is 2. The van der Waals surface area contributed by atoms with Gasteiger partial charge in [0.25, 0.3) is 0 Å². The summed E-state index contributed by atoms with van der Waals surface area (Å²) in [7, 11) is 0. The molecule has 0 aliphatic rings. The molecule has 0 amide bonds. The van der Waals surface area contributed by atoms with Crippen molar-refractivity contribution < 1.29 is 5.11 Å². The Hall–Kier alpha value is -0.760. The van der Waals surface area contributed by atoms with E-state index in [2.05, 4.69) is 4.98 Å². The highest BCUT2D eigenvalue weighted by atomic mass is 16.3. The lowest BCUT2D eigenvalue weighted by molar-refractivity contribution is 0.194. The molecule has 0 aliphatic carbocycles. The first-order valence-electron chi connectivity index (χ1n) is 3.03. The zero-order valence-electron chi connectivity index (χ0n) is 5.68. The molecule has 1 aromatic rings. The fourth-order valence-electron chi connectivity index (χ4n) is 0.910. The van der Waals surface area contributed by atoms with Gasteiger partial charge in [0, 0.05) is 11.9 Å². The van der Waals surface area contributed by atoms with Crippen LogP contribution in [0.25, 0.3) is 0 Å². The van der Waals surface area contributed by atoms with Crippen LogP contribution in [0.15, 0.2) is 12.3 Å². The molecule has 50 valence electrons. The van der Waals surface area contributed by atoms with E-state index >= 15 is 0 Å². The lowest BCUT2D eigenvalue weighted by Crippen LogP contribution is -1.92. The second-order valence-electron chi connectivity index (χ2n) is 2.25. The summed E-state index contributed by atoms with van der Waals surface area (Å²) < 4.78 is 0. The first kappa shape index (κ1) is 6.36. The van der Waals surface area contributed by atoms with Gasteiger partial charge in [0.1, 0.15) is 0 Å². The monoisotopic (exact) mass is 125 g/mol. The molecule has 9 heavy (non-hydrogen) atoms. The maximum absolute atomic E-state index is 9.06. The highest BCUT2D eigenvalue weighted by Gasteiger charge is 2.02. The number of aromatic nitrogens is 1. The Morgan fingerprint density at radius 1 is 1.67 bits per heavy atom. The Kier molecular flexibility index (Phi) is 1.58. The number of H-pyrrole nitrogens is 1. The largest absolute Gasteiger partial charge is 0.387 e. The van der Waals surface area contributed by atoms with Gasteiger partial charge in [-0.05, 0) is 25.5 Å². The summed E-state index contributed by atoms with van der Waals surface area (Å²) in [5, 5.41) is 9.06. The van der Waals surface area contributed by atoms with E-state index in [1.165, 1.54) is 0 Å². The molecule has 0 spiro atoms. The minimum atomic E-state index is -0.375. The minimum Gasteiger partial charge on any atom is -0.387 e. The molecule has 0 radical (unpaired) electrons. The van der Waals surface area contributed by atoms with Crippen LogP contribution < -0.4 is 0 Å². The molecule has 2 N–H and O–H groups in total. The molecule has 0 bridgehead atoms. The molecule has 0 aromatic carbocycles. The molecular weight excluding hydrogens is 114 g/mol. The van der Waals surface area contributed by atoms with Gasteiger partial charge in [0.15, 0.2) is 0 Å². The molecular formula is C7H11NO. The number of aliphatic hydroxyl groups is 1. The van der Waals surface area contributed by atoms with Crippen molar-refractivity contribution in [2.75, 3.05) is 0 Å². The Balaban J connectivity index is 2.94. The van der Waals surface area contributed by atoms with Crippen molar-refractivity contribution in [3.63, 3.8) is 0 Å². The molecule has 1 rings (SSSR count). The van der Waals surface area contributed by atoms with Gasteiger partial charge in [-0.25, -0.2) is 0 Å². The van der Waals surface area contributed by atoms with E-state index in [1.54, 1.807) is 6.92 Å². The SMILES string of the molecule is Cc1cc[nH]c1C(C)O. The van der Waals surface area contributed by atoms with E-state index in [9.17, 15) is 0 Å². The third-order valence-corrected chi connectivity index (χ3v) is 1.41. The molecule has 1 aromatic heterocycles. The van der Waals surface area contributed by atoms with Gasteiger partial charge in [0.2, 0.25) is 0 Å². The highest BCUT2D eigenvalue weighted by molar-refractivity contribution is 5.19. The topological polar surface area (TPSA) is 36.0 Å². The van der Waals surface area contributed by atoms with Crippen LogP contribution in [0.4, 0.5) is 0 Å². The van der Waals surface area contributed by atoms with E-state index in [0.29, 0.717) is 0 Å². The van der Waals surface area contributed by atoms with E-state index < -0.39 is 0 Å². The molecule has 0 aliphatic heterocycles. The number of aryl methyl sites for hydroxylation is 1. The summed E-state index contributed by atoms with van der Waals surface area (Å²) in [5.41, 5.74) is 2.03. The third kappa shape index (κ3) is 1.13. The molecule has 0 saturated heterocycles. The van der Waals surface area contributed by atoms with Crippen LogP contribution in [0.2, 0.25) is 0 Å². The maximum Gasteiger partial charge on any atom is 0.0912 e. The Bertz CT molecular complexity index is 191. The van der Waals surface area contributed by atoms with Crippen LogP contribution in [0, 0.1) is 6.92 Å². The first-order valence-corrected chi connectivity index (χ1v) is 3.03. The number of aliphatic hydroxyl groups excluding tert-OH is 1. The summed E-state index contributed by atoms with van der Waals surface area (Å²) in [6.07, 6.45) is 1.46. The molecule has 1 unspecified atom stereocenters. The molecule has 2 heteroatoms. The van der Waals surface area contributed by atoms with Crippen molar-refractivity contribution in [2.24, 2.45) is 0 Å². The predicted octanol–water partition coefficient (Wildman–Crippen LogP) is 1.38. The van der Waals surface area contributed by atoms with Gasteiger partial charge in [-0.2, -0.15) is 0 Å². The minimum absolute atomic E-state index is 0.375. The summed E-state index contributed by atoms with van der Waals surface area (Å²) in [6, 6.07) is 1.95. The van der Waals surface area contributed by atoms with E-state index in [4.69, 9.17) is 5.11 Å². The number of rotatable bonds is 1. The second kappa shape index (κ2) is 2.23. The average Bonchev–Trinajstić information content (AvgIpc) is 2.13. The predicted molar refractivity (Wildman–Crippen MR) is 36.2 cm³/mol. The quantitative estimate of drug-likeness (QED) is 0.584. The van der Waals surface area contributed by atoms with Crippen molar-refractivity contribution in [3.05, 3.63) is 23.5 Å². The lowest BCUT2D eigenvalue weighted by Gasteiger charge is -2.00. The van der Waals surface area contributed by atoms with E-state index in [-0.39, 0.29) is 6.10 Å². The van der Waals surface area contributed by atoms with Crippen LogP contribution in [-0.2, 0) is 0 Å². The summed E-state index contributed by atoms with van der Waals surface area (Å²) in [5.74, 6) is 0. The van der Waals surface area contributed by atoms with Gasteiger partial charge in [-0.1, -0.05) is 0 Å². The van der Waals surface area contributed by atoms with Crippen LogP contribution in [0.3, 0.4) is 0 Å². The summed E-state index contributed by atoms with van der Waals surface area (Å²) in [6.45, 7) is 3.72. The molecule has 1 atom stereocenters. The van der Waals surface area contributed by atoms with Crippen molar-refractivity contribution >= 4 is 0 Å². The zero-order valence-corrected chi connectivity index (χ0v) is 5.68. The maximum atomic E-state index is 9.06. The number of aromatic amines is 1. The number of hydrogen-bond acceptors (Lipinski definition) is 1. The van der Waals surface area contributed by atoms with Gasteiger partial charge < -0.3 is 10.1 Å². The van der Waals surface area contributed by atoms with E-state index in [1.807, 2.05) is 19.2 Å². The van der Waals surface area contributed by atoms with Crippen molar-refractivity contribution in [2.45, 2.75) is 20.0 Å². The highest BCUT2D eigenvalue weighted by Crippen LogP contribution is 2.13. The van der Waals surface area contributed by atoms with Crippen molar-refractivity contribution in [1.29, 1.82) is 0 Å². The smallest absolute Gasteiger partial charge is 0.0912 e. The molecule has 2 nitrogen and oxygen atoms in total. The Labute approximate surface area is 54.5 Å². The van der Waals surface area contributed by atoms with Gasteiger partial charge >= 0.3 is 0 Å². The zero-order chi connectivity index (χ0) is 6.85. The normalized spacial score (nSPS) is 13.7. The standard InChI is InChI=1S/C7H11NO/c1-5-3-4-8-7(5)6(2)9/h3-4,6,8-9H,1-2H3. The van der Waals surface area contributed by atoms with Crippen LogP contribution in [-0.4, -0.2) is 10.1 Å². The number of nitrogens with one attached hydrogen (secondary N) is 1. The van der Waals surface area contributed by atoms with Crippen LogP contribution >= 0.6 is 0 Å². The lowest BCUT2D eigenvalue weighted by atomic mass is 10.2. The summed E-state index contributed by atoms with van der Waals surface area (Å²) in [4.78, 5) is 2.95. The molecule has 0 fully saturated rings.